The Labute approximate surface area is 359 Å². The quantitative estimate of drug-likeness (QED) is 0.110. The van der Waals surface area contributed by atoms with E-state index in [1.165, 1.54) is 25.3 Å². The molecular formula is C34H36Cl2N26. The van der Waals surface area contributed by atoms with E-state index in [0.717, 1.165) is 27.5 Å². The Bertz CT molecular complexity index is 2360. The summed E-state index contributed by atoms with van der Waals surface area (Å²) in [5.74, 6) is 1.31. The number of tetrazole rings is 3. The molecule has 0 spiro atoms. The van der Waals surface area contributed by atoms with Crippen LogP contribution in [0.25, 0.3) is 33.3 Å². The van der Waals surface area contributed by atoms with Gasteiger partial charge in [0.25, 0.3) is 0 Å². The lowest BCUT2D eigenvalue weighted by molar-refractivity contribution is 0.881. The number of hydrogen-bond donors (Lipinski definition) is 9. The summed E-state index contributed by atoms with van der Waals surface area (Å²) in [6.07, 6.45) is 17.5. The third kappa shape index (κ3) is 19.5. The Balaban J connectivity index is 0.000000156. The van der Waals surface area contributed by atoms with Gasteiger partial charge in [-0.3, -0.25) is 10.2 Å². The molecule has 9 heterocycles. The number of rotatable bonds is 1. The highest BCUT2D eigenvalue weighted by atomic mass is 35.5. The first kappa shape index (κ1) is 45.8. The number of halogens is 2. The summed E-state index contributed by atoms with van der Waals surface area (Å²) in [7, 11) is 0. The van der Waals surface area contributed by atoms with E-state index in [-0.39, 0.29) is 0 Å². The molecule has 0 saturated carbocycles. The Morgan fingerprint density at radius 1 is 0.565 bits per heavy atom. The number of benzene rings is 3. The maximum absolute atomic E-state index is 5.37. The molecule has 26 nitrogen and oxygen atoms in total. The summed E-state index contributed by atoms with van der Waals surface area (Å²) in [4.78, 5) is 23.2. The fourth-order valence-electron chi connectivity index (χ4n) is 3.78. The Morgan fingerprint density at radius 3 is 1.77 bits per heavy atom. The van der Waals surface area contributed by atoms with Crippen LogP contribution in [0.4, 0.5) is 0 Å². The molecule has 0 aliphatic heterocycles. The highest BCUT2D eigenvalue weighted by Crippen LogP contribution is 2.14. The minimum Gasteiger partial charge on any atom is -0.351 e. The zero-order chi connectivity index (χ0) is 43.6. The molecule has 0 saturated heterocycles. The standard InChI is InChI=1S/C7H6N4.2C7H6N2.C3H2Cl2N2.C3H4N2.C2H4N4.2C2H3N3.CH2N4/c1-2-4-6(5-3-1)7-8-10-11-9-7;1-2-4-7-6(3-1)8-5-9-7;1-2-4-7-6(3-1)5-8-9-7;4-2-3(5)7-1-6-2;1-2-5-3-4-1;1-2-3-5-6-4-2;1-3-2-5-4-1;2*1-2-4-5-3-1/h1-5H,(H,8,9,10,11);2*1-5H,(H,8,9);1H,(H,6,7);1-3H,(H,4,5);1H3,(H,3,4,5,6);2*1-2H,(H,3,4,5);1H,(H,2,3,4,5). The second-order valence-corrected chi connectivity index (χ2v) is 11.3. The minimum atomic E-state index is 0.321. The summed E-state index contributed by atoms with van der Waals surface area (Å²) in [5, 5.41) is 62.4. The maximum Gasteiger partial charge on any atom is 0.204 e. The first-order valence-electron chi connectivity index (χ1n) is 17.4. The van der Waals surface area contributed by atoms with Crippen molar-refractivity contribution < 1.29 is 0 Å². The SMILES string of the molecule is Cc1nn[nH]n1.Clc1nc[nH]c1Cl.c1c[nH]cn1.c1ccc(-c2nn[nH]n2)cc1.c1ccc2[nH]cnc2c1.c1ccc2[nH]ncc2c1.c1cn[nH]n1.c1nc[nH]n1.c1nn[nH]n1. The van der Waals surface area contributed by atoms with Crippen molar-refractivity contribution in [3.8, 4) is 11.4 Å². The predicted octanol–water partition coefficient (Wildman–Crippen LogP) is 4.44. The smallest absolute Gasteiger partial charge is 0.204 e. The normalized spacial score (nSPS) is 9.21. The molecular weight excluding hydrogens is 843 g/mol. The molecule has 62 heavy (non-hydrogen) atoms. The number of nitrogens with zero attached hydrogens (tertiary/aromatic N) is 17. The number of aryl methyl sites for hydroxylation is 1. The van der Waals surface area contributed by atoms with Gasteiger partial charge in [-0.15, -0.1) is 30.6 Å². The zero-order valence-corrected chi connectivity index (χ0v) is 33.7. The van der Waals surface area contributed by atoms with E-state index in [4.69, 9.17) is 23.2 Å². The number of hydrogen-bond acceptors (Lipinski definition) is 17. The van der Waals surface area contributed by atoms with Crippen molar-refractivity contribution in [3.05, 3.63) is 164 Å². The molecule has 28 heteroatoms. The van der Waals surface area contributed by atoms with Crippen LogP contribution in [0.1, 0.15) is 5.82 Å². The van der Waals surface area contributed by atoms with Gasteiger partial charge in [-0.05, 0) is 30.3 Å². The second-order valence-electron chi connectivity index (χ2n) is 10.6. The van der Waals surface area contributed by atoms with Gasteiger partial charge in [0.1, 0.15) is 17.8 Å². The molecule has 9 aromatic heterocycles. The van der Waals surface area contributed by atoms with E-state index in [2.05, 4.69) is 133 Å². The molecule has 0 amide bonds. The van der Waals surface area contributed by atoms with Gasteiger partial charge >= 0.3 is 0 Å². The lowest BCUT2D eigenvalue weighted by Gasteiger charge is -1.89. The van der Waals surface area contributed by atoms with Crippen LogP contribution in [0.2, 0.25) is 10.3 Å². The molecule has 0 fully saturated rings. The summed E-state index contributed by atoms with van der Waals surface area (Å²) >= 11 is 10.7. The summed E-state index contributed by atoms with van der Waals surface area (Å²) in [6.45, 7) is 1.77. The first-order valence-corrected chi connectivity index (χ1v) is 18.1. The fourth-order valence-corrected chi connectivity index (χ4v) is 3.99. The number of fused-ring (bicyclic) bond motifs is 2. The van der Waals surface area contributed by atoms with Crippen LogP contribution in [0.3, 0.4) is 0 Å². The lowest BCUT2D eigenvalue weighted by atomic mass is 10.2. The molecule has 316 valence electrons. The largest absolute Gasteiger partial charge is 0.351 e. The molecule has 0 atom stereocenters. The Morgan fingerprint density at radius 2 is 1.32 bits per heavy atom. The Hall–Kier alpha value is -8.91. The number of aromatic nitrogens is 26. The highest BCUT2D eigenvalue weighted by molar-refractivity contribution is 6.40. The molecule has 9 N–H and O–H groups in total. The van der Waals surface area contributed by atoms with Gasteiger partial charge in [-0.2, -0.15) is 41.2 Å². The van der Waals surface area contributed by atoms with Crippen molar-refractivity contribution in [2.75, 3.05) is 0 Å². The van der Waals surface area contributed by atoms with Gasteiger partial charge < -0.3 is 15.0 Å². The van der Waals surface area contributed by atoms with Crippen molar-refractivity contribution in [2.45, 2.75) is 6.92 Å². The summed E-state index contributed by atoms with van der Waals surface area (Å²) < 4.78 is 0. The average Bonchev–Trinajstić information content (AvgIpc) is 4.17. The van der Waals surface area contributed by atoms with Crippen molar-refractivity contribution in [3.63, 3.8) is 0 Å². The van der Waals surface area contributed by atoms with Crippen LogP contribution in [-0.2, 0) is 0 Å². The van der Waals surface area contributed by atoms with Gasteiger partial charge in [0.15, 0.2) is 17.3 Å². The van der Waals surface area contributed by atoms with E-state index in [1.807, 2.05) is 85.1 Å². The number of para-hydroxylation sites is 3. The number of nitrogens with one attached hydrogen (secondary N) is 9. The Kier molecular flexibility index (Phi) is 21.7. The van der Waals surface area contributed by atoms with Crippen LogP contribution in [0.15, 0.2) is 148 Å². The van der Waals surface area contributed by atoms with E-state index in [9.17, 15) is 0 Å². The molecule has 0 aliphatic rings. The second kappa shape index (κ2) is 29.3. The molecule has 0 unspecified atom stereocenters. The van der Waals surface area contributed by atoms with Crippen molar-refractivity contribution >= 4 is 45.1 Å². The number of imidazole rings is 3. The van der Waals surface area contributed by atoms with Gasteiger partial charge in [0.05, 0.1) is 54.1 Å². The highest BCUT2D eigenvalue weighted by Gasteiger charge is 1.98. The number of H-pyrrole nitrogens is 9. The van der Waals surface area contributed by atoms with E-state index < -0.39 is 0 Å². The molecule has 12 rings (SSSR count). The fraction of sp³-hybridized carbons (Fsp3) is 0.0294. The third-order valence-electron chi connectivity index (χ3n) is 6.39. The summed E-state index contributed by atoms with van der Waals surface area (Å²) in [6, 6.07) is 25.6. The van der Waals surface area contributed by atoms with Crippen LogP contribution < -0.4 is 0 Å². The van der Waals surface area contributed by atoms with E-state index >= 15 is 0 Å². The lowest BCUT2D eigenvalue weighted by Crippen LogP contribution is -1.78. The maximum atomic E-state index is 5.37. The first-order chi connectivity index (χ1) is 30.6. The van der Waals surface area contributed by atoms with Crippen LogP contribution in [0.5, 0.6) is 0 Å². The topological polar surface area (TPSA) is 361 Å². The molecule has 12 aromatic rings. The van der Waals surface area contributed by atoms with Gasteiger partial charge in [0, 0.05) is 23.3 Å². The zero-order valence-electron chi connectivity index (χ0n) is 32.2. The van der Waals surface area contributed by atoms with Gasteiger partial charge in [0.2, 0.25) is 5.82 Å². The number of aromatic amines is 9. The van der Waals surface area contributed by atoms with Crippen molar-refractivity contribution in [1.82, 2.24) is 133 Å². The van der Waals surface area contributed by atoms with Gasteiger partial charge in [-0.25, -0.2) is 19.9 Å². The molecule has 3 aromatic carbocycles. The molecule has 0 aliphatic carbocycles. The molecule has 0 bridgehead atoms. The molecule has 0 radical (unpaired) electrons. The third-order valence-corrected chi connectivity index (χ3v) is 7.07. The van der Waals surface area contributed by atoms with Crippen LogP contribution >= 0.6 is 23.2 Å². The minimum absolute atomic E-state index is 0.321. The predicted molar refractivity (Wildman–Crippen MR) is 225 cm³/mol. The van der Waals surface area contributed by atoms with Crippen LogP contribution in [0, 0.1) is 6.92 Å². The monoisotopic (exact) mass is 878 g/mol. The average molecular weight is 880 g/mol. The van der Waals surface area contributed by atoms with E-state index in [1.54, 1.807) is 44.4 Å². The van der Waals surface area contributed by atoms with Gasteiger partial charge in [-0.1, -0.05) is 94.3 Å². The van der Waals surface area contributed by atoms with Crippen molar-refractivity contribution in [2.24, 2.45) is 0 Å². The van der Waals surface area contributed by atoms with E-state index in [0.29, 0.717) is 22.0 Å². The summed E-state index contributed by atoms with van der Waals surface area (Å²) in [5.41, 5.74) is 4.19. The van der Waals surface area contributed by atoms with Crippen LogP contribution in [-0.4, -0.2) is 133 Å². The van der Waals surface area contributed by atoms with Crippen molar-refractivity contribution in [1.29, 1.82) is 0 Å².